The van der Waals surface area contributed by atoms with Crippen LogP contribution in [0.25, 0.3) is 0 Å². The van der Waals surface area contributed by atoms with Gasteiger partial charge in [0.25, 0.3) is 0 Å². The molecule has 1 saturated heterocycles. The van der Waals surface area contributed by atoms with Crippen LogP contribution in [0.3, 0.4) is 0 Å². The predicted octanol–water partition coefficient (Wildman–Crippen LogP) is -2.20. The van der Waals surface area contributed by atoms with Crippen molar-refractivity contribution in [1.29, 1.82) is 0 Å². The maximum atomic E-state index is 10.6. The van der Waals surface area contributed by atoms with Crippen molar-refractivity contribution in [2.24, 2.45) is 16.5 Å². The highest BCUT2D eigenvalue weighted by atomic mass is 32.3. The predicted molar refractivity (Wildman–Crippen MR) is 34.1 cm³/mol. The minimum absolute atomic E-state index is 0.0229. The molecule has 0 radical (unpaired) electrons. The topological polar surface area (TPSA) is 137 Å². The summed E-state index contributed by atoms with van der Waals surface area (Å²) in [6, 6.07) is -1.16. The number of urea groups is 1. The molecule has 68 valence electrons. The number of guanidine groups is 1. The van der Waals surface area contributed by atoms with Gasteiger partial charge in [-0.3, -0.25) is 0 Å². The quantitative estimate of drug-likeness (QED) is 0.331. The van der Waals surface area contributed by atoms with Crippen LogP contribution >= 0.6 is 0 Å². The van der Waals surface area contributed by atoms with E-state index in [1.54, 1.807) is 0 Å². The van der Waals surface area contributed by atoms with Gasteiger partial charge in [0.2, 0.25) is 0 Å². The van der Waals surface area contributed by atoms with Gasteiger partial charge in [-0.1, -0.05) is 8.57 Å². The number of hydroxylamine groups is 2. The molecule has 0 spiro atoms. The number of nitrogens with zero attached hydrogens (tertiary/aromatic N) is 2. The Balaban J connectivity index is 2.55. The van der Waals surface area contributed by atoms with Crippen LogP contribution in [0.15, 0.2) is 4.99 Å². The standard InChI is InChI=1S/C2H4N4O5S/c3-1(4)5-2(7)6-10-12(8,9)11-6/h(H4,3,4,5,7). The Bertz CT molecular complexity index is 315. The summed E-state index contributed by atoms with van der Waals surface area (Å²) in [5.74, 6) is -0.531. The lowest BCUT2D eigenvalue weighted by molar-refractivity contribution is -0.278. The van der Waals surface area contributed by atoms with E-state index in [1.165, 1.54) is 0 Å². The Morgan fingerprint density at radius 2 is 1.83 bits per heavy atom. The third-order valence-corrected chi connectivity index (χ3v) is 1.33. The summed E-state index contributed by atoms with van der Waals surface area (Å²) in [7, 11) is -4.06. The van der Waals surface area contributed by atoms with Crippen LogP contribution < -0.4 is 11.5 Å². The zero-order valence-corrected chi connectivity index (χ0v) is 6.32. The molecule has 9 nitrogen and oxygen atoms in total. The van der Waals surface area contributed by atoms with Crippen LogP contribution in [0.4, 0.5) is 4.79 Å². The first-order chi connectivity index (χ1) is 5.41. The lowest BCUT2D eigenvalue weighted by Gasteiger charge is -2.23. The van der Waals surface area contributed by atoms with Crippen molar-refractivity contribution >= 4 is 22.4 Å². The first kappa shape index (κ1) is 8.70. The minimum Gasteiger partial charge on any atom is -0.370 e. The van der Waals surface area contributed by atoms with Crippen molar-refractivity contribution in [2.75, 3.05) is 0 Å². The molecule has 0 aromatic carbocycles. The van der Waals surface area contributed by atoms with E-state index in [-0.39, 0.29) is 5.23 Å². The number of carbonyl (C=O) groups is 1. The van der Waals surface area contributed by atoms with Crippen LogP contribution in [0.2, 0.25) is 0 Å². The molecular formula is C2H4N4O5S. The van der Waals surface area contributed by atoms with E-state index in [1.807, 2.05) is 0 Å². The summed E-state index contributed by atoms with van der Waals surface area (Å²) in [6.07, 6.45) is 0. The summed E-state index contributed by atoms with van der Waals surface area (Å²) in [4.78, 5) is 13.5. The first-order valence-electron chi connectivity index (χ1n) is 2.48. The molecule has 1 rings (SSSR count). The highest BCUT2D eigenvalue weighted by molar-refractivity contribution is 7.82. The number of hydrogen-bond donors (Lipinski definition) is 2. The van der Waals surface area contributed by atoms with Gasteiger partial charge >= 0.3 is 16.4 Å². The summed E-state index contributed by atoms with van der Waals surface area (Å²) in [6.45, 7) is 0. The van der Waals surface area contributed by atoms with Crippen molar-refractivity contribution in [3.05, 3.63) is 0 Å². The SMILES string of the molecule is NC(N)=NC(=O)N1OS(=O)(=O)O1. The number of amides is 2. The van der Waals surface area contributed by atoms with E-state index >= 15 is 0 Å². The second-order valence-corrected chi connectivity index (χ2v) is 2.75. The lowest BCUT2D eigenvalue weighted by atomic mass is 11.0. The number of hydrogen-bond acceptors (Lipinski definition) is 5. The van der Waals surface area contributed by atoms with Gasteiger partial charge in [-0.15, -0.1) is 0 Å². The number of rotatable bonds is 0. The molecule has 1 aliphatic heterocycles. The van der Waals surface area contributed by atoms with E-state index in [0.717, 1.165) is 0 Å². The molecule has 1 fully saturated rings. The molecule has 0 aromatic heterocycles. The van der Waals surface area contributed by atoms with Gasteiger partial charge < -0.3 is 11.5 Å². The molecule has 0 unspecified atom stereocenters. The van der Waals surface area contributed by atoms with E-state index in [0.29, 0.717) is 0 Å². The van der Waals surface area contributed by atoms with Gasteiger partial charge in [-0.25, -0.2) is 4.79 Å². The Hall–Kier alpha value is -1.39. The number of aliphatic imine (C=N–C) groups is 1. The van der Waals surface area contributed by atoms with Crippen LogP contribution in [0.1, 0.15) is 0 Å². The molecule has 0 aliphatic carbocycles. The third-order valence-electron chi connectivity index (χ3n) is 0.699. The maximum absolute atomic E-state index is 10.6. The largest absolute Gasteiger partial charge is 0.446 e. The Kier molecular flexibility index (Phi) is 1.87. The van der Waals surface area contributed by atoms with Crippen molar-refractivity contribution in [1.82, 2.24) is 5.23 Å². The van der Waals surface area contributed by atoms with Crippen LogP contribution in [-0.4, -0.2) is 25.6 Å². The van der Waals surface area contributed by atoms with Gasteiger partial charge in [0.15, 0.2) is 5.96 Å². The molecule has 0 saturated carbocycles. The molecule has 1 aliphatic rings. The van der Waals surface area contributed by atoms with E-state index in [2.05, 4.69) is 13.6 Å². The second-order valence-electron chi connectivity index (χ2n) is 1.63. The maximum Gasteiger partial charge on any atom is 0.446 e. The smallest absolute Gasteiger partial charge is 0.370 e. The van der Waals surface area contributed by atoms with Crippen molar-refractivity contribution < 1.29 is 21.8 Å². The molecule has 12 heavy (non-hydrogen) atoms. The highest BCUT2D eigenvalue weighted by Gasteiger charge is 2.39. The van der Waals surface area contributed by atoms with Crippen molar-refractivity contribution in [3.8, 4) is 0 Å². The molecule has 2 amide bonds. The summed E-state index contributed by atoms with van der Waals surface area (Å²) in [5, 5.41) is 0.0229. The highest BCUT2D eigenvalue weighted by Crippen LogP contribution is 2.16. The monoisotopic (exact) mass is 196 g/mol. The number of carbonyl (C=O) groups excluding carboxylic acids is 1. The van der Waals surface area contributed by atoms with Crippen LogP contribution in [0, 0.1) is 0 Å². The molecule has 0 aromatic rings. The summed E-state index contributed by atoms with van der Waals surface area (Å²) < 4.78 is 27.9. The Morgan fingerprint density at radius 1 is 1.33 bits per heavy atom. The normalized spacial score (nSPS) is 19.5. The van der Waals surface area contributed by atoms with E-state index < -0.39 is 22.4 Å². The van der Waals surface area contributed by atoms with Crippen molar-refractivity contribution in [3.63, 3.8) is 0 Å². The van der Waals surface area contributed by atoms with Crippen LogP contribution in [-0.2, 0) is 19.0 Å². The Labute approximate surface area is 66.8 Å². The minimum atomic E-state index is -4.06. The fourth-order valence-corrected chi connectivity index (χ4v) is 0.857. The molecule has 0 atom stereocenters. The van der Waals surface area contributed by atoms with E-state index in [9.17, 15) is 13.2 Å². The summed E-state index contributed by atoms with van der Waals surface area (Å²) in [5.41, 5.74) is 9.59. The number of nitrogens with two attached hydrogens (primary N) is 2. The average Bonchev–Trinajstić information content (AvgIpc) is 1.80. The molecular weight excluding hydrogens is 192 g/mol. The second kappa shape index (κ2) is 2.58. The van der Waals surface area contributed by atoms with Gasteiger partial charge in [0, 0.05) is 0 Å². The fourth-order valence-electron chi connectivity index (χ4n) is 0.386. The van der Waals surface area contributed by atoms with Gasteiger partial charge in [0.05, 0.1) is 0 Å². The molecule has 1 heterocycles. The Morgan fingerprint density at radius 3 is 2.17 bits per heavy atom. The fraction of sp³-hybridized carbons (Fsp3) is 0. The first-order valence-corrected chi connectivity index (χ1v) is 3.82. The average molecular weight is 196 g/mol. The van der Waals surface area contributed by atoms with Gasteiger partial charge in [0.1, 0.15) is 0 Å². The van der Waals surface area contributed by atoms with Gasteiger partial charge in [-0.2, -0.15) is 13.4 Å². The van der Waals surface area contributed by atoms with Crippen molar-refractivity contribution in [2.45, 2.75) is 0 Å². The zero-order valence-electron chi connectivity index (χ0n) is 5.50. The molecule has 10 heteroatoms. The van der Waals surface area contributed by atoms with E-state index in [4.69, 9.17) is 11.5 Å². The summed E-state index contributed by atoms with van der Waals surface area (Å²) >= 11 is 0. The molecule has 4 N–H and O–H groups in total. The zero-order chi connectivity index (χ0) is 9.35. The lowest BCUT2D eigenvalue weighted by Crippen LogP contribution is -2.45. The van der Waals surface area contributed by atoms with Crippen LogP contribution in [0.5, 0.6) is 0 Å². The third kappa shape index (κ3) is 1.81. The van der Waals surface area contributed by atoms with Gasteiger partial charge in [-0.05, 0) is 5.23 Å². The molecule has 0 bridgehead atoms.